The maximum Gasteiger partial charge on any atom is 0.255 e. The van der Waals surface area contributed by atoms with Gasteiger partial charge in [-0.15, -0.1) is 0 Å². The molecule has 162 valence electrons. The average Bonchev–Trinajstić information content (AvgIpc) is 2.79. The molecule has 2 aromatic carbocycles. The third kappa shape index (κ3) is 4.85. The van der Waals surface area contributed by atoms with Gasteiger partial charge in [0.15, 0.2) is 0 Å². The van der Waals surface area contributed by atoms with Crippen molar-refractivity contribution in [2.45, 2.75) is 37.8 Å². The lowest BCUT2D eigenvalue weighted by Crippen LogP contribution is -2.40. The van der Waals surface area contributed by atoms with Crippen LogP contribution in [0.1, 0.15) is 36.0 Å². The Labute approximate surface area is 186 Å². The zero-order valence-corrected chi connectivity index (χ0v) is 18.4. The number of rotatable bonds is 6. The number of carbonyl (C=O) groups excluding carboxylic acids is 1. The fourth-order valence-electron chi connectivity index (χ4n) is 4.10. The quantitative estimate of drug-likeness (QED) is 0.561. The molecule has 3 aromatic rings. The summed E-state index contributed by atoms with van der Waals surface area (Å²) in [7, 11) is 3.14. The van der Waals surface area contributed by atoms with Crippen molar-refractivity contribution in [1.82, 2.24) is 10.3 Å². The second-order valence-electron chi connectivity index (χ2n) is 7.75. The number of anilines is 1. The molecule has 1 aliphatic rings. The molecule has 1 saturated carbocycles. The van der Waals surface area contributed by atoms with Gasteiger partial charge >= 0.3 is 0 Å². The summed E-state index contributed by atoms with van der Waals surface area (Å²) in [5.74, 6) is 1.05. The first-order valence-corrected chi connectivity index (χ1v) is 10.8. The van der Waals surface area contributed by atoms with E-state index >= 15 is 0 Å². The Kier molecular flexibility index (Phi) is 6.47. The van der Waals surface area contributed by atoms with Crippen LogP contribution in [-0.4, -0.2) is 37.2 Å². The van der Waals surface area contributed by atoms with Crippen LogP contribution in [0.15, 0.2) is 48.7 Å². The Morgan fingerprint density at radius 3 is 2.52 bits per heavy atom. The highest BCUT2D eigenvalue weighted by Crippen LogP contribution is 2.29. The molecular weight excluding hydrogens is 414 g/mol. The first-order valence-electron chi connectivity index (χ1n) is 10.4. The van der Waals surface area contributed by atoms with Crippen LogP contribution < -0.4 is 20.1 Å². The first-order chi connectivity index (χ1) is 15.1. The molecule has 6 nitrogen and oxygen atoms in total. The van der Waals surface area contributed by atoms with Crippen LogP contribution in [0.25, 0.3) is 10.9 Å². The van der Waals surface area contributed by atoms with Crippen LogP contribution in [0.2, 0.25) is 5.02 Å². The van der Waals surface area contributed by atoms with E-state index in [1.165, 1.54) is 0 Å². The van der Waals surface area contributed by atoms with Crippen molar-refractivity contribution in [2.24, 2.45) is 0 Å². The summed E-state index contributed by atoms with van der Waals surface area (Å²) in [4.78, 5) is 17.2. The Hall–Kier alpha value is -2.99. The van der Waals surface area contributed by atoms with Crippen LogP contribution in [0.5, 0.6) is 11.5 Å². The molecule has 1 aliphatic carbocycles. The molecule has 1 aromatic heterocycles. The minimum Gasteiger partial charge on any atom is -0.497 e. The van der Waals surface area contributed by atoms with Crippen molar-refractivity contribution in [3.8, 4) is 11.5 Å². The minimum atomic E-state index is -0.118. The molecule has 1 fully saturated rings. The normalized spacial score (nSPS) is 18.4. The molecule has 1 amide bonds. The predicted octanol–water partition coefficient (Wildman–Crippen LogP) is 5.06. The highest BCUT2D eigenvalue weighted by molar-refractivity contribution is 6.31. The highest BCUT2D eigenvalue weighted by atomic mass is 35.5. The smallest absolute Gasteiger partial charge is 0.255 e. The van der Waals surface area contributed by atoms with Crippen molar-refractivity contribution in [1.29, 1.82) is 0 Å². The van der Waals surface area contributed by atoms with Crippen molar-refractivity contribution in [2.75, 3.05) is 19.5 Å². The number of amides is 1. The topological polar surface area (TPSA) is 72.5 Å². The van der Waals surface area contributed by atoms with Gasteiger partial charge in [0.05, 0.1) is 25.3 Å². The number of ether oxygens (including phenoxy) is 2. The second-order valence-corrected chi connectivity index (χ2v) is 8.19. The van der Waals surface area contributed by atoms with Crippen molar-refractivity contribution >= 4 is 34.1 Å². The molecule has 2 N–H and O–H groups in total. The number of benzene rings is 2. The number of pyridine rings is 1. The summed E-state index contributed by atoms with van der Waals surface area (Å²) in [6.07, 6.45) is 5.58. The van der Waals surface area contributed by atoms with Crippen molar-refractivity contribution < 1.29 is 14.3 Å². The number of hydrogen-bond donors (Lipinski definition) is 2. The molecule has 0 bridgehead atoms. The van der Waals surface area contributed by atoms with E-state index in [9.17, 15) is 4.79 Å². The summed E-state index contributed by atoms with van der Waals surface area (Å²) < 4.78 is 10.6. The lowest BCUT2D eigenvalue weighted by molar-refractivity contribution is 0.0923. The van der Waals surface area contributed by atoms with Gasteiger partial charge in [0.2, 0.25) is 0 Å². The Morgan fingerprint density at radius 1 is 1.00 bits per heavy atom. The molecule has 7 heteroatoms. The van der Waals surface area contributed by atoms with Crippen LogP contribution in [0.3, 0.4) is 0 Å². The fraction of sp³-hybridized carbons (Fsp3) is 0.333. The SMILES string of the molecule is COc1ccc(C(=O)N[C@H]2CC[C@@H](Nc3ccnc4cc(Cl)ccc34)CC2)c(OC)c1. The standard InChI is InChI=1S/C24H26ClN3O3/c1-30-18-8-10-20(23(14-18)31-2)24(29)28-17-6-4-16(5-7-17)27-21-11-12-26-22-13-15(25)3-9-19(21)22/h3,8-14,16-17H,4-7H2,1-2H3,(H,26,27)(H,28,29)/t16-,17+. The van der Waals surface area contributed by atoms with E-state index in [1.807, 2.05) is 24.3 Å². The van der Waals surface area contributed by atoms with Crippen LogP contribution in [0, 0.1) is 0 Å². The maximum atomic E-state index is 12.8. The zero-order valence-electron chi connectivity index (χ0n) is 17.7. The summed E-state index contributed by atoms with van der Waals surface area (Å²) in [6, 6.07) is 13.5. The first kappa shape index (κ1) is 21.2. The largest absolute Gasteiger partial charge is 0.497 e. The number of aromatic nitrogens is 1. The van der Waals surface area contributed by atoms with Gasteiger partial charge in [-0.25, -0.2) is 0 Å². The summed E-state index contributed by atoms with van der Waals surface area (Å²) in [5, 5.41) is 8.55. The number of methoxy groups -OCH3 is 2. The summed E-state index contributed by atoms with van der Waals surface area (Å²) in [6.45, 7) is 0. The van der Waals surface area contributed by atoms with Gasteiger partial charge in [-0.3, -0.25) is 9.78 Å². The van der Waals surface area contributed by atoms with E-state index in [4.69, 9.17) is 21.1 Å². The van der Waals surface area contributed by atoms with Crippen LogP contribution in [-0.2, 0) is 0 Å². The van der Waals surface area contributed by atoms with Gasteiger partial charge in [0.25, 0.3) is 5.91 Å². The predicted molar refractivity (Wildman–Crippen MR) is 123 cm³/mol. The lowest BCUT2D eigenvalue weighted by Gasteiger charge is -2.30. The maximum absolute atomic E-state index is 12.8. The van der Waals surface area contributed by atoms with Gasteiger partial charge in [-0.2, -0.15) is 0 Å². The molecule has 0 aliphatic heterocycles. The van der Waals surface area contributed by atoms with E-state index in [-0.39, 0.29) is 11.9 Å². The molecule has 0 unspecified atom stereocenters. The molecular formula is C24H26ClN3O3. The molecule has 0 saturated heterocycles. The minimum absolute atomic E-state index is 0.118. The Balaban J connectivity index is 1.36. The van der Waals surface area contributed by atoms with Gasteiger partial charge in [-0.05, 0) is 62.1 Å². The molecule has 0 spiro atoms. The average molecular weight is 440 g/mol. The number of nitrogens with one attached hydrogen (secondary N) is 2. The van der Waals surface area contributed by atoms with E-state index in [0.717, 1.165) is 42.3 Å². The number of halogens is 1. The number of carbonyl (C=O) groups is 1. The van der Waals surface area contributed by atoms with Crippen molar-refractivity contribution in [3.63, 3.8) is 0 Å². The summed E-state index contributed by atoms with van der Waals surface area (Å²) >= 11 is 6.09. The highest BCUT2D eigenvalue weighted by Gasteiger charge is 2.24. The van der Waals surface area contributed by atoms with Crippen LogP contribution >= 0.6 is 11.6 Å². The number of fused-ring (bicyclic) bond motifs is 1. The monoisotopic (exact) mass is 439 g/mol. The second kappa shape index (κ2) is 9.43. The third-order valence-corrected chi connectivity index (χ3v) is 6.02. The zero-order chi connectivity index (χ0) is 21.8. The van der Waals surface area contributed by atoms with E-state index < -0.39 is 0 Å². The van der Waals surface area contributed by atoms with Gasteiger partial charge in [0.1, 0.15) is 11.5 Å². The third-order valence-electron chi connectivity index (χ3n) is 5.78. The Bertz CT molecular complexity index is 1080. The molecule has 0 radical (unpaired) electrons. The van der Waals surface area contributed by atoms with Gasteiger partial charge < -0.3 is 20.1 Å². The van der Waals surface area contributed by atoms with Crippen molar-refractivity contribution in [3.05, 3.63) is 59.2 Å². The fourth-order valence-corrected chi connectivity index (χ4v) is 4.26. The van der Waals surface area contributed by atoms with E-state index in [2.05, 4.69) is 15.6 Å². The van der Waals surface area contributed by atoms with Crippen LogP contribution in [0.4, 0.5) is 5.69 Å². The lowest BCUT2D eigenvalue weighted by atomic mass is 9.90. The van der Waals surface area contributed by atoms with Gasteiger partial charge in [0, 0.05) is 40.4 Å². The number of hydrogen-bond acceptors (Lipinski definition) is 5. The number of nitrogens with zero attached hydrogens (tertiary/aromatic N) is 1. The molecule has 31 heavy (non-hydrogen) atoms. The van der Waals surface area contributed by atoms with E-state index in [0.29, 0.717) is 28.1 Å². The molecule has 0 atom stereocenters. The molecule has 1 heterocycles. The van der Waals surface area contributed by atoms with Gasteiger partial charge in [-0.1, -0.05) is 11.6 Å². The summed E-state index contributed by atoms with van der Waals surface area (Å²) in [5.41, 5.74) is 2.47. The van der Waals surface area contributed by atoms with E-state index in [1.54, 1.807) is 38.6 Å². The molecule has 4 rings (SSSR count). The Morgan fingerprint density at radius 2 is 1.77 bits per heavy atom.